The molecule has 0 amide bonds. The van der Waals surface area contributed by atoms with E-state index in [1.807, 2.05) is 13.0 Å². The second-order valence-corrected chi connectivity index (χ2v) is 4.87. The van der Waals surface area contributed by atoms with Gasteiger partial charge in [0, 0.05) is 6.61 Å². The predicted molar refractivity (Wildman–Crippen MR) is 71.9 cm³/mol. The Hall–Kier alpha value is -0.460. The molecule has 1 aliphatic heterocycles. The second-order valence-electron chi connectivity index (χ2n) is 4.87. The number of ether oxygens (including phenoxy) is 2. The van der Waals surface area contributed by atoms with Crippen molar-refractivity contribution in [3.05, 3.63) is 12.2 Å². The van der Waals surface area contributed by atoms with E-state index in [0.29, 0.717) is 6.61 Å². The Morgan fingerprint density at radius 1 is 1.37 bits per heavy atom. The van der Waals surface area contributed by atoms with Crippen LogP contribution in [0.25, 0.3) is 0 Å². The van der Waals surface area contributed by atoms with Crippen LogP contribution in [-0.2, 0) is 9.47 Å². The van der Waals surface area contributed by atoms with Crippen molar-refractivity contribution in [2.24, 2.45) is 0 Å². The first kappa shape index (κ1) is 16.6. The summed E-state index contributed by atoms with van der Waals surface area (Å²) in [6, 6.07) is 0. The molecule has 0 saturated carbocycles. The molecule has 0 aromatic carbocycles. The van der Waals surface area contributed by atoms with Crippen LogP contribution in [0.5, 0.6) is 0 Å². The molecular formula is C14H26O5. The topological polar surface area (TPSA) is 79.2 Å². The summed E-state index contributed by atoms with van der Waals surface area (Å²) >= 11 is 0. The quantitative estimate of drug-likeness (QED) is 0.424. The van der Waals surface area contributed by atoms with Gasteiger partial charge in [-0.05, 0) is 26.2 Å². The standard InChI is InChI=1S/C14H26O5/c1-2-3-4-5-6-7-8-18-14-12(17)10-19-13(14)11(16)9-15/h2-3,11-17H,4-10H2,1H3/b3-2+/t11-,12+,13-,14-/m1/s1. The Balaban J connectivity index is 2.18. The minimum absolute atomic E-state index is 0.147. The van der Waals surface area contributed by atoms with Gasteiger partial charge in [-0.1, -0.05) is 18.6 Å². The van der Waals surface area contributed by atoms with Crippen molar-refractivity contribution in [2.45, 2.75) is 57.0 Å². The highest BCUT2D eigenvalue weighted by atomic mass is 16.6. The molecule has 112 valence electrons. The first-order valence-electron chi connectivity index (χ1n) is 7.02. The van der Waals surface area contributed by atoms with Crippen molar-refractivity contribution >= 4 is 0 Å². The summed E-state index contributed by atoms with van der Waals surface area (Å²) in [7, 11) is 0. The molecule has 1 aliphatic rings. The van der Waals surface area contributed by atoms with Gasteiger partial charge in [0.05, 0.1) is 13.2 Å². The molecule has 0 bridgehead atoms. The van der Waals surface area contributed by atoms with E-state index in [2.05, 4.69) is 6.08 Å². The SMILES string of the molecule is C/C=C/CCCCCO[C@H]1[C@@H]([C@H](O)CO)OC[C@@H]1O. The summed E-state index contributed by atoms with van der Waals surface area (Å²) in [6.45, 7) is 2.31. The van der Waals surface area contributed by atoms with Crippen LogP contribution in [0.15, 0.2) is 12.2 Å². The van der Waals surface area contributed by atoms with Gasteiger partial charge in [0.15, 0.2) is 0 Å². The molecule has 0 aromatic heterocycles. The first-order valence-corrected chi connectivity index (χ1v) is 7.02. The zero-order valence-electron chi connectivity index (χ0n) is 11.6. The number of aliphatic hydroxyl groups excluding tert-OH is 3. The van der Waals surface area contributed by atoms with Gasteiger partial charge in [-0.2, -0.15) is 0 Å². The number of aliphatic hydroxyl groups is 3. The van der Waals surface area contributed by atoms with Crippen LogP contribution in [0.1, 0.15) is 32.6 Å². The highest BCUT2D eigenvalue weighted by Crippen LogP contribution is 2.21. The number of unbranched alkanes of at least 4 members (excludes halogenated alkanes) is 3. The molecule has 3 N–H and O–H groups in total. The minimum Gasteiger partial charge on any atom is -0.394 e. The van der Waals surface area contributed by atoms with Crippen LogP contribution >= 0.6 is 0 Å². The lowest BCUT2D eigenvalue weighted by molar-refractivity contribution is -0.0937. The van der Waals surface area contributed by atoms with Crippen molar-refractivity contribution in [3.63, 3.8) is 0 Å². The van der Waals surface area contributed by atoms with Gasteiger partial charge in [-0.3, -0.25) is 0 Å². The van der Waals surface area contributed by atoms with E-state index in [1.165, 1.54) is 0 Å². The molecule has 1 rings (SSSR count). The van der Waals surface area contributed by atoms with Gasteiger partial charge >= 0.3 is 0 Å². The number of allylic oxidation sites excluding steroid dienone is 2. The predicted octanol–water partition coefficient (Wildman–Crippen LogP) is 0.621. The molecule has 5 heteroatoms. The Labute approximate surface area is 114 Å². The smallest absolute Gasteiger partial charge is 0.114 e. The minimum atomic E-state index is -1.00. The molecule has 0 aromatic rings. The maximum Gasteiger partial charge on any atom is 0.114 e. The van der Waals surface area contributed by atoms with Gasteiger partial charge in [0.2, 0.25) is 0 Å². The van der Waals surface area contributed by atoms with E-state index >= 15 is 0 Å². The van der Waals surface area contributed by atoms with E-state index in [4.69, 9.17) is 14.6 Å². The lowest BCUT2D eigenvalue weighted by Crippen LogP contribution is -2.42. The van der Waals surface area contributed by atoms with E-state index in [1.54, 1.807) is 0 Å². The third-order valence-electron chi connectivity index (χ3n) is 3.29. The summed E-state index contributed by atoms with van der Waals surface area (Å²) < 4.78 is 10.8. The monoisotopic (exact) mass is 274 g/mol. The van der Waals surface area contributed by atoms with Crippen molar-refractivity contribution < 1.29 is 24.8 Å². The van der Waals surface area contributed by atoms with Crippen LogP contribution in [-0.4, -0.2) is 59.6 Å². The number of hydrogen-bond donors (Lipinski definition) is 3. The van der Waals surface area contributed by atoms with Crippen molar-refractivity contribution in [1.82, 2.24) is 0 Å². The maximum atomic E-state index is 9.72. The van der Waals surface area contributed by atoms with E-state index in [9.17, 15) is 10.2 Å². The highest BCUT2D eigenvalue weighted by Gasteiger charge is 2.40. The van der Waals surface area contributed by atoms with Gasteiger partial charge in [-0.15, -0.1) is 0 Å². The van der Waals surface area contributed by atoms with Crippen LogP contribution in [0, 0.1) is 0 Å². The normalized spacial score (nSPS) is 29.2. The second kappa shape index (κ2) is 9.44. The molecule has 0 unspecified atom stereocenters. The fourth-order valence-electron chi connectivity index (χ4n) is 2.19. The average molecular weight is 274 g/mol. The summed E-state index contributed by atoms with van der Waals surface area (Å²) in [5, 5.41) is 28.2. The van der Waals surface area contributed by atoms with Crippen LogP contribution in [0.3, 0.4) is 0 Å². The lowest BCUT2D eigenvalue weighted by atomic mass is 10.1. The van der Waals surface area contributed by atoms with Gasteiger partial charge in [0.25, 0.3) is 0 Å². The fourth-order valence-corrected chi connectivity index (χ4v) is 2.19. The van der Waals surface area contributed by atoms with Crippen molar-refractivity contribution in [2.75, 3.05) is 19.8 Å². The summed E-state index contributed by atoms with van der Waals surface area (Å²) in [6.07, 6.45) is 5.47. The molecule has 0 aliphatic carbocycles. The Morgan fingerprint density at radius 2 is 2.16 bits per heavy atom. The first-order chi connectivity index (χ1) is 9.20. The van der Waals surface area contributed by atoms with Crippen LogP contribution in [0.2, 0.25) is 0 Å². The lowest BCUT2D eigenvalue weighted by Gasteiger charge is -2.23. The molecule has 1 fully saturated rings. The molecule has 1 saturated heterocycles. The van der Waals surface area contributed by atoms with Crippen LogP contribution < -0.4 is 0 Å². The molecular weight excluding hydrogens is 248 g/mol. The van der Waals surface area contributed by atoms with Crippen molar-refractivity contribution in [1.29, 1.82) is 0 Å². The Bertz CT molecular complexity index is 256. The van der Waals surface area contributed by atoms with Gasteiger partial charge in [-0.25, -0.2) is 0 Å². The third-order valence-corrected chi connectivity index (χ3v) is 3.29. The maximum absolute atomic E-state index is 9.72. The molecule has 1 heterocycles. The Kier molecular flexibility index (Phi) is 8.25. The third kappa shape index (κ3) is 5.58. The molecule has 4 atom stereocenters. The zero-order chi connectivity index (χ0) is 14.1. The summed E-state index contributed by atoms with van der Waals surface area (Å²) in [5.74, 6) is 0. The van der Waals surface area contributed by atoms with E-state index < -0.39 is 24.4 Å². The zero-order valence-corrected chi connectivity index (χ0v) is 11.6. The van der Waals surface area contributed by atoms with Crippen molar-refractivity contribution in [3.8, 4) is 0 Å². The summed E-state index contributed by atoms with van der Waals surface area (Å²) in [4.78, 5) is 0. The Morgan fingerprint density at radius 3 is 2.84 bits per heavy atom. The largest absolute Gasteiger partial charge is 0.394 e. The average Bonchev–Trinajstić information content (AvgIpc) is 2.78. The van der Waals surface area contributed by atoms with E-state index in [0.717, 1.165) is 25.7 Å². The van der Waals surface area contributed by atoms with E-state index in [-0.39, 0.29) is 13.2 Å². The number of hydrogen-bond acceptors (Lipinski definition) is 5. The molecule has 0 spiro atoms. The molecule has 5 nitrogen and oxygen atoms in total. The van der Waals surface area contributed by atoms with Gasteiger partial charge in [0.1, 0.15) is 24.4 Å². The van der Waals surface area contributed by atoms with Gasteiger partial charge < -0.3 is 24.8 Å². The summed E-state index contributed by atoms with van der Waals surface area (Å²) in [5.41, 5.74) is 0. The highest BCUT2D eigenvalue weighted by molar-refractivity contribution is 4.89. The number of rotatable bonds is 9. The molecule has 19 heavy (non-hydrogen) atoms. The van der Waals surface area contributed by atoms with Crippen LogP contribution in [0.4, 0.5) is 0 Å². The fraction of sp³-hybridized carbons (Fsp3) is 0.857. The molecule has 0 radical (unpaired) electrons.